The molecular formula is C23H20N4O. The summed E-state index contributed by atoms with van der Waals surface area (Å²) in [6.07, 6.45) is 6.43. The molecule has 28 heavy (non-hydrogen) atoms. The molecule has 0 fully saturated rings. The Hall–Kier alpha value is -3.47. The van der Waals surface area contributed by atoms with Gasteiger partial charge in [0.05, 0.1) is 17.9 Å². The first-order valence-corrected chi connectivity index (χ1v) is 9.58. The van der Waals surface area contributed by atoms with Crippen molar-refractivity contribution in [3.05, 3.63) is 89.7 Å². The Morgan fingerprint density at radius 2 is 1.86 bits per heavy atom. The van der Waals surface area contributed by atoms with E-state index in [1.54, 1.807) is 16.9 Å². The molecule has 1 aliphatic rings. The number of rotatable bonds is 3. The minimum Gasteiger partial charge on any atom is -0.345 e. The number of aryl methyl sites for hydroxylation is 1. The quantitative estimate of drug-likeness (QED) is 0.589. The Balaban J connectivity index is 1.48. The summed E-state index contributed by atoms with van der Waals surface area (Å²) >= 11 is 0. The number of nitrogens with zero attached hydrogens (tertiary/aromatic N) is 3. The summed E-state index contributed by atoms with van der Waals surface area (Å²) in [5.74, 6) is -0.130. The first-order valence-electron chi connectivity index (χ1n) is 9.58. The Morgan fingerprint density at radius 3 is 2.75 bits per heavy atom. The predicted molar refractivity (Wildman–Crippen MR) is 108 cm³/mol. The smallest absolute Gasteiger partial charge is 0.257 e. The van der Waals surface area contributed by atoms with Crippen molar-refractivity contribution in [2.75, 3.05) is 0 Å². The molecule has 0 radical (unpaired) electrons. The SMILES string of the molecule is O=C(NC1CCCc2ccccc21)c1cnn2c(-c3ccccc3)ccnc12. The van der Waals surface area contributed by atoms with Crippen molar-refractivity contribution >= 4 is 11.6 Å². The van der Waals surface area contributed by atoms with Gasteiger partial charge in [-0.3, -0.25) is 4.79 Å². The van der Waals surface area contributed by atoms with Crippen molar-refractivity contribution in [2.24, 2.45) is 0 Å². The lowest BCUT2D eigenvalue weighted by Crippen LogP contribution is -2.31. The zero-order valence-electron chi connectivity index (χ0n) is 15.4. The molecule has 5 nitrogen and oxygen atoms in total. The summed E-state index contributed by atoms with van der Waals surface area (Å²) in [6, 6.07) is 20.3. The van der Waals surface area contributed by atoms with Gasteiger partial charge >= 0.3 is 0 Å². The average Bonchev–Trinajstić information content (AvgIpc) is 3.19. The highest BCUT2D eigenvalue weighted by atomic mass is 16.1. The second-order valence-electron chi connectivity index (χ2n) is 7.11. The number of carbonyl (C=O) groups is 1. The lowest BCUT2D eigenvalue weighted by Gasteiger charge is -2.26. The van der Waals surface area contributed by atoms with E-state index in [-0.39, 0.29) is 11.9 Å². The van der Waals surface area contributed by atoms with Gasteiger partial charge in [-0.25, -0.2) is 9.50 Å². The van der Waals surface area contributed by atoms with Crippen LogP contribution in [-0.4, -0.2) is 20.5 Å². The molecule has 5 heteroatoms. The molecular weight excluding hydrogens is 348 g/mol. The largest absolute Gasteiger partial charge is 0.345 e. The molecule has 0 spiro atoms. The van der Waals surface area contributed by atoms with Crippen molar-refractivity contribution in [1.29, 1.82) is 0 Å². The minimum absolute atomic E-state index is 0.0321. The Bertz CT molecular complexity index is 1150. The third kappa shape index (κ3) is 2.85. The zero-order valence-corrected chi connectivity index (χ0v) is 15.4. The fourth-order valence-corrected chi connectivity index (χ4v) is 4.02. The van der Waals surface area contributed by atoms with Crippen LogP contribution in [0.3, 0.4) is 0 Å². The molecule has 138 valence electrons. The summed E-state index contributed by atoms with van der Waals surface area (Å²) in [6.45, 7) is 0. The number of amides is 1. The van der Waals surface area contributed by atoms with Crippen molar-refractivity contribution in [3.63, 3.8) is 0 Å². The molecule has 0 bridgehead atoms. The standard InChI is InChI=1S/C23H20N4O/c28-23(26-20-12-6-10-16-7-4-5-11-18(16)20)19-15-25-27-21(13-14-24-22(19)27)17-8-2-1-3-9-17/h1-5,7-9,11,13-15,20H,6,10,12H2,(H,26,28). The van der Waals surface area contributed by atoms with Crippen LogP contribution in [0.15, 0.2) is 73.1 Å². The summed E-state index contributed by atoms with van der Waals surface area (Å²) in [5.41, 5.74) is 5.56. The molecule has 0 saturated carbocycles. The summed E-state index contributed by atoms with van der Waals surface area (Å²) in [7, 11) is 0. The Kier molecular flexibility index (Phi) is 4.13. The number of hydrogen-bond donors (Lipinski definition) is 1. The highest BCUT2D eigenvalue weighted by molar-refractivity contribution is 6.00. The number of benzene rings is 2. The number of aromatic nitrogens is 3. The molecule has 1 unspecified atom stereocenters. The van der Waals surface area contributed by atoms with Crippen LogP contribution in [0.25, 0.3) is 16.9 Å². The number of carbonyl (C=O) groups excluding carboxylic acids is 1. The monoisotopic (exact) mass is 368 g/mol. The van der Waals surface area contributed by atoms with Crippen LogP contribution in [0.2, 0.25) is 0 Å². The normalized spacial score (nSPS) is 15.9. The second-order valence-corrected chi connectivity index (χ2v) is 7.11. The van der Waals surface area contributed by atoms with E-state index in [0.717, 1.165) is 30.5 Å². The third-order valence-corrected chi connectivity index (χ3v) is 5.39. The van der Waals surface area contributed by atoms with Gasteiger partial charge in [-0.2, -0.15) is 5.10 Å². The van der Waals surface area contributed by atoms with Crippen LogP contribution in [0.4, 0.5) is 0 Å². The maximum Gasteiger partial charge on any atom is 0.257 e. The van der Waals surface area contributed by atoms with Crippen molar-refractivity contribution < 1.29 is 4.79 Å². The highest BCUT2D eigenvalue weighted by Crippen LogP contribution is 2.30. The van der Waals surface area contributed by atoms with E-state index in [1.807, 2.05) is 42.5 Å². The fraction of sp³-hybridized carbons (Fsp3) is 0.174. The van der Waals surface area contributed by atoms with E-state index in [2.05, 4.69) is 33.6 Å². The summed E-state index contributed by atoms with van der Waals surface area (Å²) in [5, 5.41) is 7.64. The number of nitrogens with one attached hydrogen (secondary N) is 1. The van der Waals surface area contributed by atoms with Gasteiger partial charge in [0.25, 0.3) is 5.91 Å². The third-order valence-electron chi connectivity index (χ3n) is 5.39. The van der Waals surface area contributed by atoms with Crippen molar-refractivity contribution in [1.82, 2.24) is 19.9 Å². The van der Waals surface area contributed by atoms with Gasteiger partial charge in [-0.05, 0) is 36.5 Å². The fourth-order valence-electron chi connectivity index (χ4n) is 4.02. The van der Waals surface area contributed by atoms with Crippen LogP contribution in [0, 0.1) is 0 Å². The minimum atomic E-state index is -0.130. The maximum atomic E-state index is 13.0. The van der Waals surface area contributed by atoms with Crippen molar-refractivity contribution in [2.45, 2.75) is 25.3 Å². The van der Waals surface area contributed by atoms with Crippen LogP contribution < -0.4 is 5.32 Å². The molecule has 2 heterocycles. The van der Waals surface area contributed by atoms with Gasteiger partial charge < -0.3 is 5.32 Å². The highest BCUT2D eigenvalue weighted by Gasteiger charge is 2.24. The molecule has 0 saturated heterocycles. The number of hydrogen-bond acceptors (Lipinski definition) is 3. The zero-order chi connectivity index (χ0) is 18.9. The van der Waals surface area contributed by atoms with Crippen LogP contribution in [0.5, 0.6) is 0 Å². The second kappa shape index (κ2) is 6.93. The van der Waals surface area contributed by atoms with E-state index in [4.69, 9.17) is 0 Å². The lowest BCUT2D eigenvalue weighted by molar-refractivity contribution is 0.0934. The molecule has 2 aromatic carbocycles. The van der Waals surface area contributed by atoms with Gasteiger partial charge in [0.2, 0.25) is 0 Å². The predicted octanol–water partition coefficient (Wildman–Crippen LogP) is 4.20. The van der Waals surface area contributed by atoms with Gasteiger partial charge in [-0.15, -0.1) is 0 Å². The maximum absolute atomic E-state index is 13.0. The molecule has 1 N–H and O–H groups in total. The number of fused-ring (bicyclic) bond motifs is 2. The molecule has 1 aliphatic carbocycles. The molecule has 1 atom stereocenters. The summed E-state index contributed by atoms with van der Waals surface area (Å²) < 4.78 is 1.74. The van der Waals surface area contributed by atoms with E-state index < -0.39 is 0 Å². The first kappa shape index (κ1) is 16.7. The molecule has 4 aromatic rings. The van der Waals surface area contributed by atoms with Gasteiger partial charge in [0.15, 0.2) is 5.65 Å². The van der Waals surface area contributed by atoms with Gasteiger partial charge in [-0.1, -0.05) is 54.6 Å². The molecule has 0 aliphatic heterocycles. The van der Waals surface area contributed by atoms with E-state index in [9.17, 15) is 4.79 Å². The average molecular weight is 368 g/mol. The molecule has 5 rings (SSSR count). The van der Waals surface area contributed by atoms with E-state index in [1.165, 1.54) is 11.1 Å². The molecule has 2 aromatic heterocycles. The first-order chi connectivity index (χ1) is 13.8. The van der Waals surface area contributed by atoms with Gasteiger partial charge in [0, 0.05) is 11.8 Å². The van der Waals surface area contributed by atoms with Crippen LogP contribution in [0.1, 0.15) is 40.4 Å². The van der Waals surface area contributed by atoms with E-state index >= 15 is 0 Å². The summed E-state index contributed by atoms with van der Waals surface area (Å²) in [4.78, 5) is 17.5. The molecule has 1 amide bonds. The Morgan fingerprint density at radius 1 is 1.04 bits per heavy atom. The van der Waals surface area contributed by atoms with Crippen LogP contribution in [-0.2, 0) is 6.42 Å². The van der Waals surface area contributed by atoms with Crippen LogP contribution >= 0.6 is 0 Å². The Labute approximate surface area is 163 Å². The van der Waals surface area contributed by atoms with Gasteiger partial charge in [0.1, 0.15) is 5.56 Å². The van der Waals surface area contributed by atoms with E-state index in [0.29, 0.717) is 11.2 Å². The topological polar surface area (TPSA) is 59.3 Å². The van der Waals surface area contributed by atoms with Crippen molar-refractivity contribution in [3.8, 4) is 11.3 Å². The lowest BCUT2D eigenvalue weighted by atomic mass is 9.87.